The summed E-state index contributed by atoms with van der Waals surface area (Å²) in [5, 5.41) is 15.8. The highest BCUT2D eigenvalue weighted by Crippen LogP contribution is 2.24. The van der Waals surface area contributed by atoms with Crippen molar-refractivity contribution in [2.24, 2.45) is 0 Å². The van der Waals surface area contributed by atoms with Crippen LogP contribution >= 0.6 is 0 Å². The van der Waals surface area contributed by atoms with Gasteiger partial charge in [0.05, 0.1) is 4.92 Å². The van der Waals surface area contributed by atoms with Gasteiger partial charge in [0.15, 0.2) is 0 Å². The van der Waals surface area contributed by atoms with E-state index in [0.717, 1.165) is 28.7 Å². The number of imide groups is 1. The lowest BCUT2D eigenvalue weighted by Crippen LogP contribution is -2.45. The van der Waals surface area contributed by atoms with Crippen LogP contribution in [0.25, 0.3) is 0 Å². The minimum atomic E-state index is -1.15. The van der Waals surface area contributed by atoms with Gasteiger partial charge in [-0.05, 0) is 37.5 Å². The standard InChI is InChI=1S/C20H19FN4O5/c1-20(10-9-13-5-3-2-4-6-13)18(27)24(19(28)23-20)12-17(26)22-14-7-8-15(21)16(11-14)25(29)30/h2-8,11H,9-10,12H2,1H3,(H,22,26)(H,23,28)/t20-/m0/s1. The van der Waals surface area contributed by atoms with Crippen LogP contribution in [-0.4, -0.2) is 39.8 Å². The maximum atomic E-state index is 13.4. The summed E-state index contributed by atoms with van der Waals surface area (Å²) in [5.41, 5.74) is -0.958. The first-order chi connectivity index (χ1) is 14.2. The smallest absolute Gasteiger partial charge is 0.324 e. The van der Waals surface area contributed by atoms with E-state index in [1.54, 1.807) is 6.92 Å². The van der Waals surface area contributed by atoms with Gasteiger partial charge in [-0.15, -0.1) is 0 Å². The van der Waals surface area contributed by atoms with E-state index >= 15 is 0 Å². The molecule has 0 unspecified atom stereocenters. The van der Waals surface area contributed by atoms with Crippen molar-refractivity contribution in [3.05, 3.63) is 70.0 Å². The first-order valence-corrected chi connectivity index (χ1v) is 9.11. The number of nitrogens with zero attached hydrogens (tertiary/aromatic N) is 2. The minimum absolute atomic E-state index is 0.0213. The van der Waals surface area contributed by atoms with E-state index in [4.69, 9.17) is 0 Å². The molecule has 0 bridgehead atoms. The van der Waals surface area contributed by atoms with Crippen LogP contribution in [0.2, 0.25) is 0 Å². The predicted octanol–water partition coefficient (Wildman–Crippen LogP) is 2.62. The summed E-state index contributed by atoms with van der Waals surface area (Å²) in [5.74, 6) is -2.32. The topological polar surface area (TPSA) is 122 Å². The Labute approximate surface area is 171 Å². The number of hydrogen-bond donors (Lipinski definition) is 2. The summed E-state index contributed by atoms with van der Waals surface area (Å²) >= 11 is 0. The molecule has 1 heterocycles. The number of nitrogens with one attached hydrogen (secondary N) is 2. The lowest BCUT2D eigenvalue weighted by Gasteiger charge is -2.21. The molecule has 1 aliphatic rings. The molecule has 2 aromatic rings. The molecule has 1 atom stereocenters. The van der Waals surface area contributed by atoms with Gasteiger partial charge in [0.2, 0.25) is 11.7 Å². The van der Waals surface area contributed by atoms with Crippen LogP contribution in [0.4, 0.5) is 20.6 Å². The molecule has 156 valence electrons. The SMILES string of the molecule is C[C@@]1(CCc2ccccc2)NC(=O)N(CC(=O)Nc2ccc(F)c([N+](=O)[O-])c2)C1=O. The zero-order valence-corrected chi connectivity index (χ0v) is 16.1. The average molecular weight is 414 g/mol. The fourth-order valence-electron chi connectivity index (χ4n) is 3.17. The zero-order chi connectivity index (χ0) is 21.9. The van der Waals surface area contributed by atoms with Gasteiger partial charge >= 0.3 is 11.7 Å². The molecular formula is C20H19FN4O5. The fraction of sp³-hybridized carbons (Fsp3) is 0.250. The van der Waals surface area contributed by atoms with Crippen LogP contribution in [0, 0.1) is 15.9 Å². The number of nitro benzene ring substituents is 1. The first kappa shape index (κ1) is 20.9. The Morgan fingerprint density at radius 1 is 1.23 bits per heavy atom. The molecule has 10 heteroatoms. The molecule has 0 radical (unpaired) electrons. The number of halogens is 1. The predicted molar refractivity (Wildman–Crippen MR) is 105 cm³/mol. The van der Waals surface area contributed by atoms with E-state index in [2.05, 4.69) is 10.6 Å². The number of nitro groups is 1. The Balaban J connectivity index is 1.64. The number of anilines is 1. The van der Waals surface area contributed by atoms with Crippen molar-refractivity contribution in [2.75, 3.05) is 11.9 Å². The summed E-state index contributed by atoms with van der Waals surface area (Å²) in [6.45, 7) is 1.02. The number of aryl methyl sites for hydroxylation is 1. The van der Waals surface area contributed by atoms with Gasteiger partial charge in [-0.1, -0.05) is 30.3 Å². The van der Waals surface area contributed by atoms with Crippen LogP contribution in [0.3, 0.4) is 0 Å². The van der Waals surface area contributed by atoms with Crippen molar-refractivity contribution in [3.63, 3.8) is 0 Å². The van der Waals surface area contributed by atoms with Crippen LogP contribution in [0.1, 0.15) is 18.9 Å². The van der Waals surface area contributed by atoms with Crippen molar-refractivity contribution >= 4 is 29.2 Å². The third-order valence-corrected chi connectivity index (χ3v) is 4.83. The normalized spacial score (nSPS) is 18.3. The number of hydrogen-bond acceptors (Lipinski definition) is 5. The van der Waals surface area contributed by atoms with Gasteiger partial charge in [0, 0.05) is 11.8 Å². The van der Waals surface area contributed by atoms with Crippen molar-refractivity contribution in [1.29, 1.82) is 0 Å². The van der Waals surface area contributed by atoms with Gasteiger partial charge < -0.3 is 10.6 Å². The van der Waals surface area contributed by atoms with E-state index < -0.39 is 46.4 Å². The molecule has 30 heavy (non-hydrogen) atoms. The number of carbonyl (C=O) groups excluding carboxylic acids is 3. The summed E-state index contributed by atoms with van der Waals surface area (Å²) in [7, 11) is 0. The molecule has 0 spiro atoms. The molecule has 2 N–H and O–H groups in total. The summed E-state index contributed by atoms with van der Waals surface area (Å²) in [4.78, 5) is 48.0. The van der Waals surface area contributed by atoms with Gasteiger partial charge in [-0.3, -0.25) is 24.6 Å². The molecule has 1 fully saturated rings. The fourth-order valence-corrected chi connectivity index (χ4v) is 3.17. The first-order valence-electron chi connectivity index (χ1n) is 9.11. The van der Waals surface area contributed by atoms with E-state index in [-0.39, 0.29) is 5.69 Å². The van der Waals surface area contributed by atoms with E-state index in [1.165, 1.54) is 0 Å². The quantitative estimate of drug-likeness (QED) is 0.410. The Morgan fingerprint density at radius 3 is 2.60 bits per heavy atom. The third kappa shape index (κ3) is 4.43. The molecule has 4 amide bonds. The van der Waals surface area contributed by atoms with Crippen molar-refractivity contribution in [2.45, 2.75) is 25.3 Å². The molecule has 3 rings (SSSR count). The van der Waals surface area contributed by atoms with Gasteiger partial charge in [-0.25, -0.2) is 4.79 Å². The third-order valence-electron chi connectivity index (χ3n) is 4.83. The summed E-state index contributed by atoms with van der Waals surface area (Å²) in [6, 6.07) is 11.6. The van der Waals surface area contributed by atoms with Crippen molar-refractivity contribution in [1.82, 2.24) is 10.2 Å². The minimum Gasteiger partial charge on any atom is -0.324 e. The number of carbonyl (C=O) groups is 3. The maximum absolute atomic E-state index is 13.4. The highest BCUT2D eigenvalue weighted by atomic mass is 19.1. The number of amides is 4. The van der Waals surface area contributed by atoms with Crippen LogP contribution in [0.15, 0.2) is 48.5 Å². The lowest BCUT2D eigenvalue weighted by atomic mass is 9.93. The second-order valence-electron chi connectivity index (χ2n) is 7.11. The molecule has 0 saturated carbocycles. The van der Waals surface area contributed by atoms with E-state index in [0.29, 0.717) is 12.8 Å². The highest BCUT2D eigenvalue weighted by Gasteiger charge is 2.47. The number of urea groups is 1. The molecule has 2 aromatic carbocycles. The Bertz CT molecular complexity index is 1010. The highest BCUT2D eigenvalue weighted by molar-refractivity contribution is 6.09. The van der Waals surface area contributed by atoms with Crippen LogP contribution in [0.5, 0.6) is 0 Å². The summed E-state index contributed by atoms with van der Waals surface area (Å²) < 4.78 is 13.4. The lowest BCUT2D eigenvalue weighted by molar-refractivity contribution is -0.387. The maximum Gasteiger partial charge on any atom is 0.325 e. The molecular weight excluding hydrogens is 395 g/mol. The molecule has 1 saturated heterocycles. The number of rotatable bonds is 7. The molecule has 0 aliphatic carbocycles. The number of benzene rings is 2. The average Bonchev–Trinajstić information content (AvgIpc) is 2.92. The van der Waals surface area contributed by atoms with Gasteiger partial charge in [-0.2, -0.15) is 4.39 Å². The zero-order valence-electron chi connectivity index (χ0n) is 16.1. The molecule has 0 aromatic heterocycles. The molecule has 1 aliphatic heterocycles. The monoisotopic (exact) mass is 414 g/mol. The van der Waals surface area contributed by atoms with E-state index in [1.807, 2.05) is 30.3 Å². The second-order valence-corrected chi connectivity index (χ2v) is 7.11. The van der Waals surface area contributed by atoms with Crippen molar-refractivity contribution < 1.29 is 23.7 Å². The second kappa shape index (κ2) is 8.27. The van der Waals surface area contributed by atoms with Gasteiger partial charge in [0.25, 0.3) is 5.91 Å². The molecule has 9 nitrogen and oxygen atoms in total. The Morgan fingerprint density at radius 2 is 1.93 bits per heavy atom. The largest absolute Gasteiger partial charge is 0.325 e. The van der Waals surface area contributed by atoms with E-state index in [9.17, 15) is 28.9 Å². The summed E-state index contributed by atoms with van der Waals surface area (Å²) in [6.07, 6.45) is 0.909. The Kier molecular flexibility index (Phi) is 5.77. The van der Waals surface area contributed by atoms with Crippen molar-refractivity contribution in [3.8, 4) is 0 Å². The van der Waals surface area contributed by atoms with Crippen LogP contribution < -0.4 is 10.6 Å². The van der Waals surface area contributed by atoms with Crippen LogP contribution in [-0.2, 0) is 16.0 Å². The Hall–Kier alpha value is -3.82. The van der Waals surface area contributed by atoms with Gasteiger partial charge in [0.1, 0.15) is 12.1 Å².